The number of amidine groups is 1. The number of thioether (sulfide) groups is 1. The minimum Gasteiger partial charge on any atom is -0.370 e. The Balaban J connectivity index is 1.92. The molecule has 0 aromatic heterocycles. The molecule has 1 heterocycles. The first-order chi connectivity index (χ1) is 9.44. The monoisotopic (exact) mass is 291 g/mol. The van der Waals surface area contributed by atoms with Crippen molar-refractivity contribution < 1.29 is 4.79 Å². The Kier molecular flexibility index (Phi) is 4.70. The predicted molar refractivity (Wildman–Crippen MR) is 84.9 cm³/mol. The van der Waals surface area contributed by atoms with E-state index in [1.807, 2.05) is 19.9 Å². The summed E-state index contributed by atoms with van der Waals surface area (Å²) < 4.78 is 0. The number of carbonyl (C=O) groups is 1. The highest BCUT2D eigenvalue weighted by Crippen LogP contribution is 2.22. The number of hydrogen-bond acceptors (Lipinski definition) is 4. The normalized spacial score (nSPS) is 18.7. The van der Waals surface area contributed by atoms with Crippen molar-refractivity contribution in [2.75, 3.05) is 5.75 Å². The first-order valence-electron chi connectivity index (χ1n) is 6.76. The van der Waals surface area contributed by atoms with E-state index in [4.69, 9.17) is 10.7 Å². The van der Waals surface area contributed by atoms with Crippen LogP contribution in [0.15, 0.2) is 35.3 Å². The number of primary amides is 1. The number of carbonyl (C=O) groups excluding carboxylic acids is 1. The maximum Gasteiger partial charge on any atom is 0.219 e. The quantitative estimate of drug-likeness (QED) is 0.871. The van der Waals surface area contributed by atoms with Crippen LogP contribution in [0.25, 0.3) is 0 Å². The summed E-state index contributed by atoms with van der Waals surface area (Å²) in [6.07, 6.45) is 1.26. The van der Waals surface area contributed by atoms with E-state index in [-0.39, 0.29) is 11.4 Å². The molecule has 20 heavy (non-hydrogen) atoms. The lowest BCUT2D eigenvalue weighted by molar-refractivity contribution is -0.119. The molecule has 1 aromatic carbocycles. The molecule has 0 bridgehead atoms. The molecule has 1 amide bonds. The second-order valence-corrected chi connectivity index (χ2v) is 6.75. The second kappa shape index (κ2) is 6.31. The molecule has 0 aliphatic carbocycles. The Bertz CT molecular complexity index is 499. The molecule has 1 atom stereocenters. The molecule has 3 N–H and O–H groups in total. The fourth-order valence-corrected chi connectivity index (χ4v) is 3.36. The maximum atomic E-state index is 11.0. The summed E-state index contributed by atoms with van der Waals surface area (Å²) in [5.41, 5.74) is 6.21. The van der Waals surface area contributed by atoms with E-state index >= 15 is 0 Å². The average molecular weight is 291 g/mol. The van der Waals surface area contributed by atoms with E-state index in [9.17, 15) is 4.79 Å². The molecule has 0 radical (unpaired) electrons. The van der Waals surface area contributed by atoms with Gasteiger partial charge in [-0.05, 0) is 25.8 Å². The summed E-state index contributed by atoms with van der Waals surface area (Å²) in [5.74, 6) is 0.677. The summed E-state index contributed by atoms with van der Waals surface area (Å²) >= 11 is 1.71. The van der Waals surface area contributed by atoms with Gasteiger partial charge in [-0.1, -0.05) is 42.1 Å². The van der Waals surface area contributed by atoms with Gasteiger partial charge in [0.1, 0.15) is 0 Å². The van der Waals surface area contributed by atoms with Crippen molar-refractivity contribution in [1.82, 2.24) is 5.32 Å². The molecule has 1 aliphatic rings. The van der Waals surface area contributed by atoms with Crippen LogP contribution in [0.4, 0.5) is 0 Å². The fraction of sp³-hybridized carbons (Fsp3) is 0.467. The topological polar surface area (TPSA) is 67.5 Å². The van der Waals surface area contributed by atoms with E-state index in [2.05, 4.69) is 29.6 Å². The molecule has 4 nitrogen and oxygen atoms in total. The average Bonchev–Trinajstić information content (AvgIpc) is 2.75. The molecular weight excluding hydrogens is 270 g/mol. The van der Waals surface area contributed by atoms with Gasteiger partial charge in [0.15, 0.2) is 5.17 Å². The van der Waals surface area contributed by atoms with E-state index in [1.165, 1.54) is 5.56 Å². The minimum atomic E-state index is -0.348. The first-order valence-corrected chi connectivity index (χ1v) is 7.74. The van der Waals surface area contributed by atoms with Gasteiger partial charge in [-0.3, -0.25) is 9.79 Å². The highest BCUT2D eigenvalue weighted by molar-refractivity contribution is 8.14. The van der Waals surface area contributed by atoms with Gasteiger partial charge in [-0.25, -0.2) is 0 Å². The molecule has 1 aliphatic heterocycles. The smallest absolute Gasteiger partial charge is 0.219 e. The van der Waals surface area contributed by atoms with Crippen molar-refractivity contribution in [3.8, 4) is 0 Å². The summed E-state index contributed by atoms with van der Waals surface area (Å²) in [5, 5.41) is 4.23. The second-order valence-electron chi connectivity index (χ2n) is 5.74. The van der Waals surface area contributed by atoms with Crippen LogP contribution in [0.1, 0.15) is 25.8 Å². The van der Waals surface area contributed by atoms with Gasteiger partial charge in [-0.2, -0.15) is 0 Å². The van der Waals surface area contributed by atoms with Crippen LogP contribution in [-0.4, -0.2) is 28.4 Å². The maximum absolute atomic E-state index is 11.0. The summed E-state index contributed by atoms with van der Waals surface area (Å²) in [7, 11) is 0. The van der Waals surface area contributed by atoms with Gasteiger partial charge in [-0.15, -0.1) is 0 Å². The standard InChI is InChI=1S/C15H21N3OS/c1-15(2,9-13(16)19)18-14-17-12(10-20-14)8-11-6-4-3-5-7-11/h3-7,12H,8-10H2,1-2H3,(H2,16,19)(H,17,18). The van der Waals surface area contributed by atoms with Crippen LogP contribution in [0, 0.1) is 0 Å². The van der Waals surface area contributed by atoms with E-state index in [0.717, 1.165) is 17.3 Å². The Morgan fingerprint density at radius 2 is 2.15 bits per heavy atom. The number of hydrogen-bond donors (Lipinski definition) is 2. The van der Waals surface area contributed by atoms with Gasteiger partial charge in [0.25, 0.3) is 0 Å². The number of nitrogens with two attached hydrogens (primary N) is 1. The third-order valence-corrected chi connectivity index (χ3v) is 4.12. The SMILES string of the molecule is CC(C)(CC(N)=O)NC1=NC(Cc2ccccc2)CS1. The molecule has 108 valence electrons. The Morgan fingerprint density at radius 3 is 2.80 bits per heavy atom. The van der Waals surface area contributed by atoms with Gasteiger partial charge in [0.2, 0.25) is 5.91 Å². The zero-order valence-electron chi connectivity index (χ0n) is 11.9. The molecule has 2 rings (SSSR count). The van der Waals surface area contributed by atoms with Gasteiger partial charge in [0, 0.05) is 17.7 Å². The predicted octanol–water partition coefficient (Wildman–Crippen LogP) is 1.94. The van der Waals surface area contributed by atoms with Crippen molar-refractivity contribution in [3.63, 3.8) is 0 Å². The molecule has 1 unspecified atom stereocenters. The zero-order valence-corrected chi connectivity index (χ0v) is 12.7. The van der Waals surface area contributed by atoms with Crippen molar-refractivity contribution in [2.24, 2.45) is 10.7 Å². The Labute approximate surface area is 124 Å². The van der Waals surface area contributed by atoms with Crippen LogP contribution in [0.5, 0.6) is 0 Å². The lowest BCUT2D eigenvalue weighted by Crippen LogP contribution is -2.44. The third kappa shape index (κ3) is 4.56. The van der Waals surface area contributed by atoms with Crippen LogP contribution >= 0.6 is 11.8 Å². The molecule has 1 aromatic rings. The molecule has 0 spiro atoms. The first kappa shape index (κ1) is 14.9. The largest absolute Gasteiger partial charge is 0.370 e. The highest BCUT2D eigenvalue weighted by Gasteiger charge is 2.26. The molecule has 0 fully saturated rings. The lowest BCUT2D eigenvalue weighted by Gasteiger charge is -2.25. The van der Waals surface area contributed by atoms with E-state index in [1.54, 1.807) is 11.8 Å². The lowest BCUT2D eigenvalue weighted by atomic mass is 10.0. The molecule has 5 heteroatoms. The van der Waals surface area contributed by atoms with Crippen LogP contribution in [0.3, 0.4) is 0 Å². The number of amides is 1. The van der Waals surface area contributed by atoms with Gasteiger partial charge < -0.3 is 11.1 Å². The Hall–Kier alpha value is -1.49. The van der Waals surface area contributed by atoms with E-state index in [0.29, 0.717) is 12.5 Å². The Morgan fingerprint density at radius 1 is 1.45 bits per heavy atom. The highest BCUT2D eigenvalue weighted by atomic mass is 32.2. The van der Waals surface area contributed by atoms with Crippen LogP contribution in [-0.2, 0) is 11.2 Å². The number of nitrogens with zero attached hydrogens (tertiary/aromatic N) is 1. The molecule has 0 saturated carbocycles. The third-order valence-electron chi connectivity index (χ3n) is 3.09. The zero-order chi connectivity index (χ0) is 14.6. The van der Waals surface area contributed by atoms with Crippen LogP contribution in [0.2, 0.25) is 0 Å². The van der Waals surface area contributed by atoms with Gasteiger partial charge >= 0.3 is 0 Å². The van der Waals surface area contributed by atoms with Crippen molar-refractivity contribution >= 4 is 22.8 Å². The number of aliphatic imine (C=N–C) groups is 1. The summed E-state index contributed by atoms with van der Waals surface area (Å²) in [6.45, 7) is 3.93. The molecule has 0 saturated heterocycles. The summed E-state index contributed by atoms with van der Waals surface area (Å²) in [6, 6.07) is 10.7. The number of benzene rings is 1. The fourth-order valence-electron chi connectivity index (χ4n) is 2.24. The van der Waals surface area contributed by atoms with Crippen LogP contribution < -0.4 is 11.1 Å². The van der Waals surface area contributed by atoms with Crippen molar-refractivity contribution in [2.45, 2.75) is 38.3 Å². The van der Waals surface area contributed by atoms with Gasteiger partial charge in [0.05, 0.1) is 6.04 Å². The minimum absolute atomic E-state index is 0.299. The van der Waals surface area contributed by atoms with Crippen molar-refractivity contribution in [3.05, 3.63) is 35.9 Å². The molecular formula is C15H21N3OS. The summed E-state index contributed by atoms with van der Waals surface area (Å²) in [4.78, 5) is 15.7. The number of rotatable bonds is 5. The number of nitrogens with one attached hydrogen (secondary N) is 1. The van der Waals surface area contributed by atoms with Crippen molar-refractivity contribution in [1.29, 1.82) is 0 Å². The van der Waals surface area contributed by atoms with E-state index < -0.39 is 0 Å².